The highest BCUT2D eigenvalue weighted by molar-refractivity contribution is 5.69. The summed E-state index contributed by atoms with van der Waals surface area (Å²) in [6.07, 6.45) is 0.248. The minimum absolute atomic E-state index is 0.0498. The monoisotopic (exact) mass is 477 g/mol. The van der Waals surface area contributed by atoms with Crippen LogP contribution in [0.5, 0.6) is 0 Å². The van der Waals surface area contributed by atoms with E-state index in [9.17, 15) is 18.0 Å². The Labute approximate surface area is 200 Å². The van der Waals surface area contributed by atoms with Gasteiger partial charge in [0.2, 0.25) is 0 Å². The number of nitrogens with zero attached hydrogens (tertiary/aromatic N) is 1. The normalized spacial score (nSPS) is 23.0. The molecule has 0 amide bonds. The number of alkyl halides is 3. The predicted molar refractivity (Wildman–Crippen MR) is 125 cm³/mol. The van der Waals surface area contributed by atoms with Gasteiger partial charge in [0.25, 0.3) is 0 Å². The third-order valence-electron chi connectivity index (χ3n) is 6.81. The standard InChI is InChI=1S/C27H34F3NO3/c1-19(2)4-9-24(16-20-11-14-34-15-12-20)31-13-10-21(18-26(32)33-3)17-25(31)22-5-7-23(8-6-22)27(28,29)30/h5-8,20-21,24-25H,1,10-18H2,2-3H3/t21-,24-,25+/m1/s1. The Hall–Kier alpha value is -2.30. The van der Waals surface area contributed by atoms with E-state index in [1.165, 1.54) is 7.11 Å². The Kier molecular flexibility index (Phi) is 9.21. The van der Waals surface area contributed by atoms with E-state index in [0.29, 0.717) is 25.3 Å². The third kappa shape index (κ3) is 7.35. The molecule has 3 atom stereocenters. The van der Waals surface area contributed by atoms with Gasteiger partial charge in [0.15, 0.2) is 0 Å². The highest BCUT2D eigenvalue weighted by Gasteiger charge is 2.36. The Morgan fingerprint density at radius 1 is 1.21 bits per heavy atom. The van der Waals surface area contributed by atoms with Crippen LogP contribution in [-0.4, -0.2) is 43.8 Å². The highest BCUT2D eigenvalue weighted by atomic mass is 19.4. The van der Waals surface area contributed by atoms with Gasteiger partial charge >= 0.3 is 12.1 Å². The number of halogens is 3. The van der Waals surface area contributed by atoms with E-state index < -0.39 is 11.7 Å². The van der Waals surface area contributed by atoms with E-state index in [2.05, 4.69) is 23.3 Å². The molecule has 34 heavy (non-hydrogen) atoms. The van der Waals surface area contributed by atoms with Crippen LogP contribution in [0.1, 0.15) is 62.6 Å². The molecule has 1 aromatic rings. The van der Waals surface area contributed by atoms with Crippen molar-refractivity contribution in [2.45, 2.75) is 63.7 Å². The number of ether oxygens (including phenoxy) is 2. The van der Waals surface area contributed by atoms with Crippen molar-refractivity contribution in [1.29, 1.82) is 0 Å². The van der Waals surface area contributed by atoms with Crippen LogP contribution in [0.2, 0.25) is 0 Å². The van der Waals surface area contributed by atoms with E-state index in [-0.39, 0.29) is 24.0 Å². The van der Waals surface area contributed by atoms with Crippen molar-refractivity contribution in [2.75, 3.05) is 26.9 Å². The van der Waals surface area contributed by atoms with Crippen LogP contribution < -0.4 is 0 Å². The zero-order chi connectivity index (χ0) is 24.7. The molecule has 4 nitrogen and oxygen atoms in total. The fourth-order valence-electron chi connectivity index (χ4n) is 4.94. The summed E-state index contributed by atoms with van der Waals surface area (Å²) < 4.78 is 49.8. The van der Waals surface area contributed by atoms with Crippen LogP contribution in [0.15, 0.2) is 36.4 Å². The minimum Gasteiger partial charge on any atom is -0.469 e. The van der Waals surface area contributed by atoms with Gasteiger partial charge in [0.05, 0.1) is 18.7 Å². The average molecular weight is 478 g/mol. The summed E-state index contributed by atoms with van der Waals surface area (Å²) in [7, 11) is 1.38. The van der Waals surface area contributed by atoms with Crippen molar-refractivity contribution < 1.29 is 27.4 Å². The fourth-order valence-corrected chi connectivity index (χ4v) is 4.94. The molecule has 2 heterocycles. The number of hydrogen-bond donors (Lipinski definition) is 0. The molecule has 0 bridgehead atoms. The molecular formula is C27H34F3NO3. The van der Waals surface area contributed by atoms with Crippen LogP contribution in [0.4, 0.5) is 13.2 Å². The van der Waals surface area contributed by atoms with Crippen LogP contribution >= 0.6 is 0 Å². The number of likely N-dealkylation sites (tertiary alicyclic amines) is 1. The second-order valence-electron chi connectivity index (χ2n) is 9.40. The lowest BCUT2D eigenvalue weighted by Gasteiger charge is -2.43. The van der Waals surface area contributed by atoms with Gasteiger partial charge in [0.1, 0.15) is 0 Å². The van der Waals surface area contributed by atoms with E-state index in [4.69, 9.17) is 9.47 Å². The van der Waals surface area contributed by atoms with Crippen molar-refractivity contribution in [3.8, 4) is 11.8 Å². The maximum Gasteiger partial charge on any atom is 0.416 e. The van der Waals surface area contributed by atoms with Crippen LogP contribution in [0.3, 0.4) is 0 Å². The van der Waals surface area contributed by atoms with Gasteiger partial charge in [-0.1, -0.05) is 30.6 Å². The third-order valence-corrected chi connectivity index (χ3v) is 6.81. The highest BCUT2D eigenvalue weighted by Crippen LogP contribution is 2.40. The van der Waals surface area contributed by atoms with E-state index in [1.807, 2.05) is 6.92 Å². The SMILES string of the molecule is C=C(C)C#C[C@H](CC1CCOCC1)N1CC[C@@H](CC(=O)OC)C[C@H]1c1ccc(C(F)(F)F)cc1. The van der Waals surface area contributed by atoms with Crippen LogP contribution in [-0.2, 0) is 20.4 Å². The molecule has 2 aliphatic rings. The molecule has 2 saturated heterocycles. The molecule has 2 aliphatic heterocycles. The fraction of sp³-hybridized carbons (Fsp3) is 0.593. The lowest BCUT2D eigenvalue weighted by Crippen LogP contribution is -2.44. The number of carbonyl (C=O) groups excluding carboxylic acids is 1. The molecule has 0 aromatic heterocycles. The molecular weight excluding hydrogens is 443 g/mol. The number of carbonyl (C=O) groups is 1. The number of hydrogen-bond acceptors (Lipinski definition) is 4. The molecule has 7 heteroatoms. The zero-order valence-corrected chi connectivity index (χ0v) is 20.0. The summed E-state index contributed by atoms with van der Waals surface area (Å²) >= 11 is 0. The molecule has 3 rings (SSSR count). The molecule has 2 fully saturated rings. The van der Waals surface area contributed by atoms with Crippen molar-refractivity contribution >= 4 is 5.97 Å². The summed E-state index contributed by atoms with van der Waals surface area (Å²) in [5.74, 6) is 6.88. The lowest BCUT2D eigenvalue weighted by atomic mass is 9.82. The van der Waals surface area contributed by atoms with Gasteiger partial charge in [-0.2, -0.15) is 13.2 Å². The summed E-state index contributed by atoms with van der Waals surface area (Å²) in [4.78, 5) is 14.3. The van der Waals surface area contributed by atoms with Crippen LogP contribution in [0, 0.1) is 23.7 Å². The largest absolute Gasteiger partial charge is 0.469 e. The topological polar surface area (TPSA) is 38.8 Å². The first kappa shape index (κ1) is 26.3. The predicted octanol–water partition coefficient (Wildman–Crippen LogP) is 5.79. The molecule has 0 aliphatic carbocycles. The van der Waals surface area contributed by atoms with Gasteiger partial charge in [0, 0.05) is 32.2 Å². The molecule has 0 saturated carbocycles. The summed E-state index contributed by atoms with van der Waals surface area (Å²) in [6.45, 7) is 7.99. The molecule has 0 radical (unpaired) electrons. The van der Waals surface area contributed by atoms with Crippen LogP contribution in [0.25, 0.3) is 0 Å². The first-order valence-corrected chi connectivity index (χ1v) is 11.9. The van der Waals surface area contributed by atoms with Crippen molar-refractivity contribution in [1.82, 2.24) is 4.90 Å². The Bertz CT molecular complexity index is 894. The molecule has 0 spiro atoms. The first-order valence-electron chi connectivity index (χ1n) is 11.9. The number of rotatable bonds is 6. The number of benzene rings is 1. The second-order valence-corrected chi connectivity index (χ2v) is 9.40. The van der Waals surface area contributed by atoms with Crippen molar-refractivity contribution in [3.63, 3.8) is 0 Å². The molecule has 0 N–H and O–H groups in total. The maximum absolute atomic E-state index is 13.1. The first-order chi connectivity index (χ1) is 16.2. The van der Waals surface area contributed by atoms with E-state index in [1.54, 1.807) is 12.1 Å². The van der Waals surface area contributed by atoms with Gasteiger partial charge in [-0.05, 0) is 74.1 Å². The van der Waals surface area contributed by atoms with Crippen molar-refractivity contribution in [3.05, 3.63) is 47.5 Å². The summed E-state index contributed by atoms with van der Waals surface area (Å²) in [5.41, 5.74) is 0.936. The maximum atomic E-state index is 13.1. The number of allylic oxidation sites excluding steroid dienone is 1. The van der Waals surface area contributed by atoms with Gasteiger partial charge < -0.3 is 9.47 Å². The minimum atomic E-state index is -4.38. The van der Waals surface area contributed by atoms with Gasteiger partial charge in [-0.3, -0.25) is 9.69 Å². The summed E-state index contributed by atoms with van der Waals surface area (Å²) in [5, 5.41) is 0. The Balaban J connectivity index is 1.90. The lowest BCUT2D eigenvalue weighted by molar-refractivity contribution is -0.142. The smallest absolute Gasteiger partial charge is 0.416 e. The number of methoxy groups -OCH3 is 1. The molecule has 0 unspecified atom stereocenters. The molecule has 1 aromatic carbocycles. The quantitative estimate of drug-likeness (QED) is 0.384. The van der Waals surface area contributed by atoms with Crippen molar-refractivity contribution in [2.24, 2.45) is 11.8 Å². The Morgan fingerprint density at radius 3 is 2.47 bits per heavy atom. The van der Waals surface area contributed by atoms with Gasteiger partial charge in [-0.15, -0.1) is 0 Å². The van der Waals surface area contributed by atoms with E-state index in [0.717, 1.165) is 62.2 Å². The Morgan fingerprint density at radius 2 is 1.88 bits per heavy atom. The second kappa shape index (κ2) is 11.9. The number of esters is 1. The zero-order valence-electron chi connectivity index (χ0n) is 20.0. The number of piperidine rings is 1. The average Bonchev–Trinajstić information content (AvgIpc) is 2.82. The van der Waals surface area contributed by atoms with E-state index >= 15 is 0 Å². The van der Waals surface area contributed by atoms with Gasteiger partial charge in [-0.25, -0.2) is 0 Å². The molecule has 186 valence electrons. The summed E-state index contributed by atoms with van der Waals surface area (Å²) in [6, 6.07) is 5.24.